The van der Waals surface area contributed by atoms with Crippen LogP contribution in [0.25, 0.3) is 17.3 Å². The van der Waals surface area contributed by atoms with Gasteiger partial charge in [-0.05, 0) is 81.9 Å². The Morgan fingerprint density at radius 3 is 2.14 bits per heavy atom. The molecule has 8 nitrogen and oxygen atoms in total. The first kappa shape index (κ1) is 36.6. The van der Waals surface area contributed by atoms with Crippen molar-refractivity contribution in [2.75, 3.05) is 17.6 Å². The van der Waals surface area contributed by atoms with Crippen molar-refractivity contribution in [3.63, 3.8) is 0 Å². The van der Waals surface area contributed by atoms with Gasteiger partial charge in [0.25, 0.3) is 0 Å². The zero-order chi connectivity index (χ0) is 33.0. The molecule has 0 aliphatic rings. The van der Waals surface area contributed by atoms with Crippen molar-refractivity contribution in [2.24, 2.45) is 0 Å². The van der Waals surface area contributed by atoms with E-state index in [9.17, 15) is 17.6 Å². The summed E-state index contributed by atoms with van der Waals surface area (Å²) >= 11 is 0. The van der Waals surface area contributed by atoms with E-state index in [0.29, 0.717) is 35.4 Å². The Kier molecular flexibility index (Phi) is 11.9. The van der Waals surface area contributed by atoms with Crippen LogP contribution in [-0.2, 0) is 24.0 Å². The first-order chi connectivity index (χ1) is 19.5. The van der Waals surface area contributed by atoms with Crippen LogP contribution in [0.5, 0.6) is 0 Å². The van der Waals surface area contributed by atoms with E-state index in [2.05, 4.69) is 43.8 Å². The van der Waals surface area contributed by atoms with E-state index in [1.165, 1.54) is 19.2 Å². The summed E-state index contributed by atoms with van der Waals surface area (Å²) in [5.74, 6) is -0.683. The van der Waals surface area contributed by atoms with Crippen molar-refractivity contribution in [1.29, 1.82) is 0 Å². The second kappa shape index (κ2) is 14.0. The number of ether oxygens (including phenoxy) is 1. The SMILES string of the molecule is CC(C)c1nc(N(C)S(C)(=O)=O)nc(-c2ccc(F)cc2)c1/C=C/[C@H](CCCC(=O)OC(C)(C)C)O[Si](C)(C)C(C)(C)C. The Morgan fingerprint density at radius 1 is 1.07 bits per heavy atom. The topological polar surface area (TPSA) is 98.7 Å². The maximum Gasteiger partial charge on any atom is 0.306 e. The smallest absolute Gasteiger partial charge is 0.306 e. The van der Waals surface area contributed by atoms with Crippen LogP contribution in [-0.4, -0.2) is 57.7 Å². The molecule has 0 aliphatic carbocycles. The molecule has 11 heteroatoms. The number of nitrogens with zero attached hydrogens (tertiary/aromatic N) is 3. The lowest BCUT2D eigenvalue weighted by Crippen LogP contribution is -2.43. The number of sulfonamides is 1. The lowest BCUT2D eigenvalue weighted by molar-refractivity contribution is -0.154. The van der Waals surface area contributed by atoms with Gasteiger partial charge in [-0.3, -0.25) is 4.79 Å². The van der Waals surface area contributed by atoms with E-state index in [0.717, 1.165) is 10.6 Å². The van der Waals surface area contributed by atoms with Crippen LogP contribution in [0.15, 0.2) is 30.3 Å². The van der Waals surface area contributed by atoms with Gasteiger partial charge in [0.05, 0.1) is 23.7 Å². The first-order valence-electron chi connectivity index (χ1n) is 14.7. The minimum absolute atomic E-state index is 0.0341. The quantitative estimate of drug-likeness (QED) is 0.174. The van der Waals surface area contributed by atoms with E-state index in [-0.39, 0.29) is 41.2 Å². The van der Waals surface area contributed by atoms with Crippen LogP contribution in [0.3, 0.4) is 0 Å². The Labute approximate surface area is 259 Å². The molecule has 240 valence electrons. The normalized spacial score (nSPS) is 13.9. The van der Waals surface area contributed by atoms with Crippen LogP contribution in [0.2, 0.25) is 18.1 Å². The van der Waals surface area contributed by atoms with Gasteiger partial charge in [-0.1, -0.05) is 46.8 Å². The second-order valence-corrected chi connectivity index (χ2v) is 20.6. The fourth-order valence-electron chi connectivity index (χ4n) is 3.99. The number of benzene rings is 1. The molecule has 1 aromatic heterocycles. The van der Waals surface area contributed by atoms with Crippen LogP contribution >= 0.6 is 0 Å². The van der Waals surface area contributed by atoms with Crippen molar-refractivity contribution in [2.45, 2.75) is 110 Å². The molecule has 0 amide bonds. The maximum atomic E-state index is 13.9. The molecular weight excluding hydrogens is 586 g/mol. The van der Waals surface area contributed by atoms with Crippen LogP contribution < -0.4 is 4.31 Å². The van der Waals surface area contributed by atoms with Crippen molar-refractivity contribution in [3.05, 3.63) is 47.4 Å². The summed E-state index contributed by atoms with van der Waals surface area (Å²) in [7, 11) is -4.42. The average molecular weight is 636 g/mol. The van der Waals surface area contributed by atoms with Crippen molar-refractivity contribution >= 4 is 36.3 Å². The Morgan fingerprint density at radius 2 is 1.65 bits per heavy atom. The van der Waals surface area contributed by atoms with E-state index < -0.39 is 23.9 Å². The zero-order valence-electron chi connectivity index (χ0n) is 27.9. The molecule has 2 rings (SSSR count). The highest BCUT2D eigenvalue weighted by molar-refractivity contribution is 7.92. The molecule has 43 heavy (non-hydrogen) atoms. The predicted octanol–water partition coefficient (Wildman–Crippen LogP) is 7.72. The highest BCUT2D eigenvalue weighted by Gasteiger charge is 2.38. The highest BCUT2D eigenvalue weighted by atomic mass is 32.2. The van der Waals surface area contributed by atoms with Gasteiger partial charge >= 0.3 is 5.97 Å². The largest absolute Gasteiger partial charge is 0.460 e. The standard InChI is InChI=1S/C32H50FN3O5SSi/c1-22(2)28-26(29(23-16-18-24(33)19-17-23)35-30(34-28)36(9)42(10,38)39)21-20-25(41-43(11,12)32(6,7)8)14-13-15-27(37)40-31(3,4)5/h16-22,25H,13-15H2,1-12H3/b21-20+/t25-/m0/s1. The third-order valence-electron chi connectivity index (χ3n) is 7.43. The number of esters is 1. The minimum atomic E-state index is -3.63. The number of hydrogen-bond donors (Lipinski definition) is 0. The zero-order valence-corrected chi connectivity index (χ0v) is 29.7. The number of carbonyl (C=O) groups is 1. The average Bonchev–Trinajstić information content (AvgIpc) is 2.84. The molecule has 0 saturated carbocycles. The lowest BCUT2D eigenvalue weighted by Gasteiger charge is -2.38. The van der Waals surface area contributed by atoms with Gasteiger partial charge in [0, 0.05) is 24.6 Å². The summed E-state index contributed by atoms with van der Waals surface area (Å²) in [5.41, 5.74) is 1.91. The van der Waals surface area contributed by atoms with Crippen LogP contribution in [0.4, 0.5) is 10.3 Å². The van der Waals surface area contributed by atoms with Crippen molar-refractivity contribution in [3.8, 4) is 11.3 Å². The lowest BCUT2D eigenvalue weighted by atomic mass is 9.97. The number of hydrogen-bond acceptors (Lipinski definition) is 7. The molecule has 0 aliphatic heterocycles. The van der Waals surface area contributed by atoms with Crippen molar-refractivity contribution < 1.29 is 26.8 Å². The molecule has 0 spiro atoms. The molecule has 0 fully saturated rings. The van der Waals surface area contributed by atoms with Gasteiger partial charge in [-0.2, -0.15) is 0 Å². The summed E-state index contributed by atoms with van der Waals surface area (Å²) < 4.78 is 52.0. The Balaban J connectivity index is 2.64. The van der Waals surface area contributed by atoms with E-state index in [1.807, 2.05) is 46.8 Å². The summed E-state index contributed by atoms with van der Waals surface area (Å²) in [4.78, 5) is 21.7. The summed E-state index contributed by atoms with van der Waals surface area (Å²) in [6.07, 6.45) is 6.14. The minimum Gasteiger partial charge on any atom is -0.460 e. The molecule has 0 bridgehead atoms. The number of carbonyl (C=O) groups excluding carboxylic acids is 1. The maximum absolute atomic E-state index is 13.9. The number of halogens is 1. The molecule has 0 radical (unpaired) electrons. The molecule has 1 aromatic carbocycles. The molecule has 2 aromatic rings. The van der Waals surface area contributed by atoms with Crippen molar-refractivity contribution in [1.82, 2.24) is 9.97 Å². The monoisotopic (exact) mass is 635 g/mol. The van der Waals surface area contributed by atoms with Gasteiger partial charge in [-0.25, -0.2) is 27.1 Å². The van der Waals surface area contributed by atoms with Gasteiger partial charge in [0.1, 0.15) is 11.4 Å². The Bertz CT molecular complexity index is 1400. The summed E-state index contributed by atoms with van der Waals surface area (Å²) in [6.45, 7) is 20.4. The van der Waals surface area contributed by atoms with Gasteiger partial charge in [-0.15, -0.1) is 0 Å². The predicted molar refractivity (Wildman–Crippen MR) is 176 cm³/mol. The number of anilines is 1. The fraction of sp³-hybridized carbons (Fsp3) is 0.594. The first-order valence-corrected chi connectivity index (χ1v) is 19.5. The number of rotatable bonds is 12. The fourth-order valence-corrected chi connectivity index (χ4v) is 5.67. The third kappa shape index (κ3) is 10.8. The van der Waals surface area contributed by atoms with Crippen LogP contribution in [0, 0.1) is 5.82 Å². The van der Waals surface area contributed by atoms with E-state index >= 15 is 0 Å². The van der Waals surface area contributed by atoms with Crippen LogP contribution in [0.1, 0.15) is 91.8 Å². The number of aromatic nitrogens is 2. The van der Waals surface area contributed by atoms with E-state index in [1.54, 1.807) is 12.1 Å². The van der Waals surface area contributed by atoms with Gasteiger partial charge in [0.15, 0.2) is 8.32 Å². The Hall–Kier alpha value is -2.63. The van der Waals surface area contributed by atoms with Gasteiger partial charge in [0.2, 0.25) is 16.0 Å². The molecule has 0 N–H and O–H groups in total. The molecule has 1 heterocycles. The summed E-state index contributed by atoms with van der Waals surface area (Å²) in [6, 6.07) is 5.93. The molecule has 0 unspecified atom stereocenters. The highest BCUT2D eigenvalue weighted by Crippen LogP contribution is 2.38. The molecule has 1 atom stereocenters. The van der Waals surface area contributed by atoms with E-state index in [4.69, 9.17) is 9.16 Å². The summed E-state index contributed by atoms with van der Waals surface area (Å²) in [5, 5.41) is -0.0341. The van der Waals surface area contributed by atoms with Gasteiger partial charge < -0.3 is 9.16 Å². The second-order valence-electron chi connectivity index (χ2n) is 13.8. The molecular formula is C32H50FN3O5SSi. The molecule has 0 saturated heterocycles. The third-order valence-corrected chi connectivity index (χ3v) is 13.1.